The lowest BCUT2D eigenvalue weighted by atomic mass is 10.0. The third-order valence-electron chi connectivity index (χ3n) is 5.99. The molecule has 2 unspecified atom stereocenters. The third-order valence-corrected chi connectivity index (χ3v) is 5.99. The molecule has 0 aliphatic carbocycles. The van der Waals surface area contributed by atoms with Crippen molar-refractivity contribution < 1.29 is 13.9 Å². The van der Waals surface area contributed by atoms with Crippen LogP contribution in [0.1, 0.15) is 31.7 Å². The van der Waals surface area contributed by atoms with E-state index in [1.165, 1.54) is 13.2 Å². The van der Waals surface area contributed by atoms with Gasteiger partial charge in [-0.1, -0.05) is 19.1 Å². The molecule has 1 saturated heterocycles. The van der Waals surface area contributed by atoms with E-state index in [9.17, 15) is 4.39 Å². The second-order valence-corrected chi connectivity index (χ2v) is 8.34. The Balaban J connectivity index is 1.55. The molecule has 2 heterocycles. The minimum atomic E-state index is -0.471. The van der Waals surface area contributed by atoms with Crippen molar-refractivity contribution in [3.63, 3.8) is 0 Å². The molecule has 10 heteroatoms. The first-order valence-electron chi connectivity index (χ1n) is 11.8. The van der Waals surface area contributed by atoms with E-state index in [1.54, 1.807) is 19.2 Å². The molecule has 1 aromatic heterocycles. The van der Waals surface area contributed by atoms with Crippen molar-refractivity contribution in [2.45, 2.75) is 44.8 Å². The molecule has 0 saturated carbocycles. The fourth-order valence-corrected chi connectivity index (χ4v) is 4.08. The van der Waals surface area contributed by atoms with Crippen molar-refractivity contribution in [3.8, 4) is 11.5 Å². The number of anilines is 4. The van der Waals surface area contributed by atoms with Gasteiger partial charge in [-0.3, -0.25) is 0 Å². The molecule has 4 N–H and O–H groups in total. The van der Waals surface area contributed by atoms with Crippen LogP contribution in [0.3, 0.4) is 0 Å². The quantitative estimate of drug-likeness (QED) is 0.318. The monoisotopic (exact) mass is 481 g/mol. The van der Waals surface area contributed by atoms with E-state index < -0.39 is 5.82 Å². The Morgan fingerprint density at radius 1 is 1.03 bits per heavy atom. The molecular formula is C25H32FN7O2. The molecule has 186 valence electrons. The van der Waals surface area contributed by atoms with Crippen LogP contribution in [-0.4, -0.2) is 47.8 Å². The summed E-state index contributed by atoms with van der Waals surface area (Å²) in [5.41, 5.74) is 1.56. The Bertz CT molecular complexity index is 1110. The Morgan fingerprint density at radius 3 is 2.46 bits per heavy atom. The van der Waals surface area contributed by atoms with Crippen molar-refractivity contribution in [2.24, 2.45) is 0 Å². The molecule has 9 nitrogen and oxygen atoms in total. The van der Waals surface area contributed by atoms with E-state index >= 15 is 0 Å². The molecule has 0 bridgehead atoms. The van der Waals surface area contributed by atoms with Gasteiger partial charge < -0.3 is 30.7 Å². The van der Waals surface area contributed by atoms with Gasteiger partial charge in [0.15, 0.2) is 11.6 Å². The van der Waals surface area contributed by atoms with Gasteiger partial charge in [0.2, 0.25) is 17.8 Å². The maximum absolute atomic E-state index is 14.2. The highest BCUT2D eigenvalue weighted by molar-refractivity contribution is 5.57. The molecule has 1 fully saturated rings. The number of aromatic nitrogens is 3. The van der Waals surface area contributed by atoms with Crippen molar-refractivity contribution >= 4 is 23.5 Å². The van der Waals surface area contributed by atoms with Gasteiger partial charge in [-0.25, -0.2) is 4.39 Å². The van der Waals surface area contributed by atoms with Crippen LogP contribution in [0.15, 0.2) is 42.5 Å². The fraction of sp³-hybridized carbons (Fsp3) is 0.400. The third kappa shape index (κ3) is 6.48. The summed E-state index contributed by atoms with van der Waals surface area (Å²) in [4.78, 5) is 13.7. The zero-order chi connectivity index (χ0) is 24.6. The zero-order valence-corrected chi connectivity index (χ0v) is 20.3. The molecule has 0 amide bonds. The van der Waals surface area contributed by atoms with Crippen LogP contribution in [0.25, 0.3) is 0 Å². The highest BCUT2D eigenvalue weighted by atomic mass is 19.1. The molecule has 2 aromatic carbocycles. The van der Waals surface area contributed by atoms with Crippen molar-refractivity contribution in [2.75, 3.05) is 36.7 Å². The Morgan fingerprint density at radius 2 is 1.80 bits per heavy atom. The topological polar surface area (TPSA) is 105 Å². The minimum absolute atomic E-state index is 0.172. The van der Waals surface area contributed by atoms with E-state index in [-0.39, 0.29) is 11.8 Å². The van der Waals surface area contributed by atoms with Gasteiger partial charge in [0.25, 0.3) is 0 Å². The van der Waals surface area contributed by atoms with Gasteiger partial charge in [-0.15, -0.1) is 0 Å². The number of ether oxygens (including phenoxy) is 2. The molecule has 0 radical (unpaired) electrons. The summed E-state index contributed by atoms with van der Waals surface area (Å²) in [7, 11) is 3.07. The lowest BCUT2D eigenvalue weighted by Gasteiger charge is -2.24. The lowest BCUT2D eigenvalue weighted by Crippen LogP contribution is -2.40. The molecule has 1 aliphatic heterocycles. The maximum atomic E-state index is 14.2. The van der Waals surface area contributed by atoms with E-state index in [2.05, 4.69) is 43.1 Å². The van der Waals surface area contributed by atoms with Crippen LogP contribution in [0.2, 0.25) is 0 Å². The predicted octanol–water partition coefficient (Wildman–Crippen LogP) is 4.33. The first-order chi connectivity index (χ1) is 17.1. The van der Waals surface area contributed by atoms with Gasteiger partial charge in [-0.05, 0) is 55.6 Å². The lowest BCUT2D eigenvalue weighted by molar-refractivity contribution is 0.386. The number of rotatable bonds is 11. The standard InChI is InChI=1S/C25H32FN7O2/c1-4-20(21-6-5-13-27-21)30-25-32-23(28-15-16-7-10-18(34-2)11-8-16)31-24(33-25)29-17-9-12-22(35-3)19(26)14-17/h7-12,14,20-21,27H,4-6,13,15H2,1-3H3,(H3,28,29,30,31,32,33). The summed E-state index contributed by atoms with van der Waals surface area (Å²) >= 11 is 0. The normalized spacial score (nSPS) is 15.9. The van der Waals surface area contributed by atoms with Crippen LogP contribution >= 0.6 is 0 Å². The summed E-state index contributed by atoms with van der Waals surface area (Å²) in [6, 6.07) is 12.9. The van der Waals surface area contributed by atoms with Crippen molar-refractivity contribution in [3.05, 3.63) is 53.8 Å². The molecule has 4 rings (SSSR count). The number of benzene rings is 2. The Labute approximate surface area is 204 Å². The Hall–Kier alpha value is -3.66. The highest BCUT2D eigenvalue weighted by Crippen LogP contribution is 2.24. The average molecular weight is 482 g/mol. The minimum Gasteiger partial charge on any atom is -0.497 e. The number of methoxy groups -OCH3 is 2. The van der Waals surface area contributed by atoms with Gasteiger partial charge in [0.05, 0.1) is 14.2 Å². The molecule has 3 aromatic rings. The summed E-state index contributed by atoms with van der Waals surface area (Å²) in [5.74, 6) is 1.66. The second-order valence-electron chi connectivity index (χ2n) is 8.34. The van der Waals surface area contributed by atoms with Crippen LogP contribution in [0, 0.1) is 5.82 Å². The summed E-state index contributed by atoms with van der Waals surface area (Å²) in [6.45, 7) is 3.68. The first-order valence-corrected chi connectivity index (χ1v) is 11.8. The number of nitrogens with zero attached hydrogens (tertiary/aromatic N) is 3. The van der Waals surface area contributed by atoms with Crippen LogP contribution in [0.4, 0.5) is 27.9 Å². The van der Waals surface area contributed by atoms with Crippen LogP contribution in [-0.2, 0) is 6.54 Å². The van der Waals surface area contributed by atoms with Gasteiger partial charge >= 0.3 is 0 Å². The Kier molecular flexibility index (Phi) is 8.15. The molecule has 35 heavy (non-hydrogen) atoms. The molecule has 0 spiro atoms. The van der Waals surface area contributed by atoms with Crippen molar-refractivity contribution in [1.29, 1.82) is 0 Å². The zero-order valence-electron chi connectivity index (χ0n) is 20.3. The fourth-order valence-electron chi connectivity index (χ4n) is 4.08. The van der Waals surface area contributed by atoms with E-state index in [4.69, 9.17) is 9.47 Å². The summed E-state index contributed by atoms with van der Waals surface area (Å²) < 4.78 is 24.4. The number of hydrogen-bond donors (Lipinski definition) is 4. The van der Waals surface area contributed by atoms with Gasteiger partial charge in [-0.2, -0.15) is 15.0 Å². The van der Waals surface area contributed by atoms with E-state index in [1.807, 2.05) is 24.3 Å². The SMILES string of the molecule is CCC(Nc1nc(NCc2ccc(OC)cc2)nc(Nc2ccc(OC)c(F)c2)n1)C1CCCN1. The predicted molar refractivity (Wildman–Crippen MR) is 135 cm³/mol. The van der Waals surface area contributed by atoms with Crippen LogP contribution in [0.5, 0.6) is 11.5 Å². The molecular weight excluding hydrogens is 449 g/mol. The second kappa shape index (κ2) is 11.7. The van der Waals surface area contributed by atoms with Gasteiger partial charge in [0.1, 0.15) is 5.75 Å². The average Bonchev–Trinajstić information content (AvgIpc) is 3.41. The van der Waals surface area contributed by atoms with Crippen LogP contribution < -0.4 is 30.7 Å². The van der Waals surface area contributed by atoms with Crippen molar-refractivity contribution in [1.82, 2.24) is 20.3 Å². The first kappa shape index (κ1) is 24.5. The number of hydrogen-bond acceptors (Lipinski definition) is 9. The highest BCUT2D eigenvalue weighted by Gasteiger charge is 2.24. The van der Waals surface area contributed by atoms with E-state index in [0.717, 1.165) is 37.1 Å². The molecule has 1 aliphatic rings. The summed E-state index contributed by atoms with van der Waals surface area (Å²) in [6.07, 6.45) is 3.18. The number of nitrogens with one attached hydrogen (secondary N) is 4. The largest absolute Gasteiger partial charge is 0.497 e. The maximum Gasteiger partial charge on any atom is 0.233 e. The number of halogens is 1. The smallest absolute Gasteiger partial charge is 0.233 e. The van der Waals surface area contributed by atoms with E-state index in [0.29, 0.717) is 36.1 Å². The van der Waals surface area contributed by atoms with Gasteiger partial charge in [0, 0.05) is 30.4 Å². The summed E-state index contributed by atoms with van der Waals surface area (Å²) in [5, 5.41) is 13.3. The molecule has 2 atom stereocenters.